The molecule has 0 atom stereocenters. The van der Waals surface area contributed by atoms with Crippen LogP contribution >= 0.6 is 0 Å². The summed E-state index contributed by atoms with van der Waals surface area (Å²) >= 11 is 0. The zero-order valence-electron chi connectivity index (χ0n) is 12.7. The highest BCUT2D eigenvalue weighted by molar-refractivity contribution is 5.92. The van der Waals surface area contributed by atoms with Crippen LogP contribution in [0.15, 0.2) is 12.1 Å². The maximum absolute atomic E-state index is 11.9. The second-order valence-corrected chi connectivity index (χ2v) is 5.52. The summed E-state index contributed by atoms with van der Waals surface area (Å²) in [4.78, 5) is 11.9. The number of carbonyl (C=O) groups excluding carboxylic acids is 1. The molecule has 2 rings (SSSR count). The molecule has 1 saturated heterocycles. The minimum absolute atomic E-state index is 0.0877. The van der Waals surface area contributed by atoms with Crippen LogP contribution < -0.4 is 10.6 Å². The summed E-state index contributed by atoms with van der Waals surface area (Å²) in [6.45, 7) is 6.04. The summed E-state index contributed by atoms with van der Waals surface area (Å²) in [6, 6.07) is 3.61. The molecular weight excluding hydrogens is 268 g/mol. The van der Waals surface area contributed by atoms with Crippen LogP contribution in [-0.4, -0.2) is 36.8 Å². The molecule has 1 heterocycles. The molecule has 0 unspecified atom stereocenters. The molecule has 5 nitrogen and oxygen atoms in total. The molecule has 0 radical (unpaired) electrons. The molecule has 1 aromatic carbocycles. The molecule has 0 aromatic heterocycles. The number of carbonyl (C=O) groups is 1. The summed E-state index contributed by atoms with van der Waals surface area (Å²) in [5, 5.41) is 16.0. The number of benzene rings is 1. The summed E-state index contributed by atoms with van der Waals surface area (Å²) in [5.41, 5.74) is 2.16. The number of nitrogens with one attached hydrogen (secondary N) is 2. The van der Waals surface area contributed by atoms with Gasteiger partial charge in [-0.05, 0) is 51.4 Å². The molecule has 0 spiro atoms. The fraction of sp³-hybridized carbons (Fsp3) is 0.562. The lowest BCUT2D eigenvalue weighted by molar-refractivity contribution is -0.117. The van der Waals surface area contributed by atoms with Gasteiger partial charge >= 0.3 is 0 Å². The SMILES string of the molecule is Cc1ccc(NC(=O)CCOC2CCNCC2)c(C)c1O. The number of amides is 1. The first kappa shape index (κ1) is 15.8. The predicted molar refractivity (Wildman–Crippen MR) is 82.7 cm³/mol. The largest absolute Gasteiger partial charge is 0.507 e. The highest BCUT2D eigenvalue weighted by Crippen LogP contribution is 2.28. The van der Waals surface area contributed by atoms with Gasteiger partial charge in [-0.15, -0.1) is 0 Å². The Morgan fingerprint density at radius 3 is 2.81 bits per heavy atom. The second kappa shape index (κ2) is 7.43. The van der Waals surface area contributed by atoms with Gasteiger partial charge in [-0.25, -0.2) is 0 Å². The number of piperidine rings is 1. The molecule has 5 heteroatoms. The van der Waals surface area contributed by atoms with E-state index in [0.717, 1.165) is 31.5 Å². The van der Waals surface area contributed by atoms with Crippen molar-refractivity contribution >= 4 is 11.6 Å². The van der Waals surface area contributed by atoms with Crippen LogP contribution in [0.3, 0.4) is 0 Å². The highest BCUT2D eigenvalue weighted by atomic mass is 16.5. The van der Waals surface area contributed by atoms with E-state index in [1.165, 1.54) is 0 Å². The Morgan fingerprint density at radius 2 is 2.10 bits per heavy atom. The Hall–Kier alpha value is -1.59. The van der Waals surface area contributed by atoms with E-state index >= 15 is 0 Å². The average molecular weight is 292 g/mol. The van der Waals surface area contributed by atoms with Crippen molar-refractivity contribution in [1.29, 1.82) is 0 Å². The quantitative estimate of drug-likeness (QED) is 0.777. The van der Waals surface area contributed by atoms with Gasteiger partial charge in [0.05, 0.1) is 19.1 Å². The third kappa shape index (κ3) is 4.44. The summed E-state index contributed by atoms with van der Waals surface area (Å²) in [6.07, 6.45) is 2.61. The Morgan fingerprint density at radius 1 is 1.38 bits per heavy atom. The molecule has 0 bridgehead atoms. The van der Waals surface area contributed by atoms with Crippen molar-refractivity contribution < 1.29 is 14.6 Å². The molecule has 0 saturated carbocycles. The van der Waals surface area contributed by atoms with E-state index in [2.05, 4.69) is 10.6 Å². The molecule has 3 N–H and O–H groups in total. The molecular formula is C16H24N2O3. The number of aromatic hydroxyl groups is 1. The molecule has 1 aliphatic heterocycles. The minimum Gasteiger partial charge on any atom is -0.507 e. The van der Waals surface area contributed by atoms with E-state index in [0.29, 0.717) is 24.3 Å². The Labute approximate surface area is 125 Å². The van der Waals surface area contributed by atoms with Crippen LogP contribution in [-0.2, 0) is 9.53 Å². The number of aryl methyl sites for hydroxylation is 1. The third-order valence-electron chi connectivity index (χ3n) is 3.88. The Bertz CT molecular complexity index is 497. The Balaban J connectivity index is 1.78. The summed E-state index contributed by atoms with van der Waals surface area (Å²) in [7, 11) is 0. The monoisotopic (exact) mass is 292 g/mol. The van der Waals surface area contributed by atoms with E-state index in [9.17, 15) is 9.90 Å². The van der Waals surface area contributed by atoms with Crippen molar-refractivity contribution in [3.8, 4) is 5.75 Å². The zero-order valence-corrected chi connectivity index (χ0v) is 12.7. The van der Waals surface area contributed by atoms with E-state index in [-0.39, 0.29) is 17.8 Å². The van der Waals surface area contributed by atoms with Gasteiger partial charge in [-0.1, -0.05) is 6.07 Å². The van der Waals surface area contributed by atoms with Crippen molar-refractivity contribution in [3.05, 3.63) is 23.3 Å². The van der Waals surface area contributed by atoms with Crippen LogP contribution in [0.25, 0.3) is 0 Å². The van der Waals surface area contributed by atoms with Gasteiger partial charge in [0.2, 0.25) is 5.91 Å². The smallest absolute Gasteiger partial charge is 0.226 e. The summed E-state index contributed by atoms with van der Waals surface area (Å²) < 4.78 is 5.71. The van der Waals surface area contributed by atoms with Crippen molar-refractivity contribution in [2.75, 3.05) is 25.0 Å². The van der Waals surface area contributed by atoms with E-state index in [4.69, 9.17) is 4.74 Å². The standard InChI is InChI=1S/C16H24N2O3/c1-11-3-4-14(12(2)16(11)20)18-15(19)7-10-21-13-5-8-17-9-6-13/h3-4,13,17,20H,5-10H2,1-2H3,(H,18,19). The van der Waals surface area contributed by atoms with Crippen molar-refractivity contribution in [2.45, 2.75) is 39.2 Å². The first-order valence-electron chi connectivity index (χ1n) is 7.49. The number of rotatable bonds is 5. The molecule has 1 aromatic rings. The lowest BCUT2D eigenvalue weighted by Gasteiger charge is -2.22. The minimum atomic E-state index is -0.0877. The molecule has 0 aliphatic carbocycles. The second-order valence-electron chi connectivity index (χ2n) is 5.52. The third-order valence-corrected chi connectivity index (χ3v) is 3.88. The van der Waals surface area contributed by atoms with E-state index in [1.807, 2.05) is 13.0 Å². The van der Waals surface area contributed by atoms with Crippen molar-refractivity contribution in [2.24, 2.45) is 0 Å². The maximum atomic E-state index is 11.9. The van der Waals surface area contributed by atoms with E-state index < -0.39 is 0 Å². The van der Waals surface area contributed by atoms with Crippen molar-refractivity contribution in [1.82, 2.24) is 5.32 Å². The molecule has 1 amide bonds. The maximum Gasteiger partial charge on any atom is 0.226 e. The molecule has 21 heavy (non-hydrogen) atoms. The highest BCUT2D eigenvalue weighted by Gasteiger charge is 2.14. The number of hydrogen-bond donors (Lipinski definition) is 3. The van der Waals surface area contributed by atoms with Crippen LogP contribution in [0.2, 0.25) is 0 Å². The van der Waals surface area contributed by atoms with Gasteiger partial charge in [-0.3, -0.25) is 4.79 Å². The number of phenolic OH excluding ortho intramolecular Hbond substituents is 1. The number of anilines is 1. The average Bonchev–Trinajstić information content (AvgIpc) is 2.49. The topological polar surface area (TPSA) is 70.6 Å². The molecule has 1 aliphatic rings. The van der Waals surface area contributed by atoms with Gasteiger partial charge in [0.15, 0.2) is 0 Å². The summed E-state index contributed by atoms with van der Waals surface area (Å²) in [5.74, 6) is 0.147. The van der Waals surface area contributed by atoms with Crippen LogP contribution in [0.4, 0.5) is 5.69 Å². The first-order valence-corrected chi connectivity index (χ1v) is 7.49. The number of phenols is 1. The van der Waals surface area contributed by atoms with Gasteiger partial charge in [-0.2, -0.15) is 0 Å². The number of ether oxygens (including phenoxy) is 1. The lowest BCUT2D eigenvalue weighted by atomic mass is 10.1. The zero-order chi connectivity index (χ0) is 15.2. The first-order chi connectivity index (χ1) is 10.1. The van der Waals surface area contributed by atoms with Gasteiger partial charge in [0.1, 0.15) is 5.75 Å². The van der Waals surface area contributed by atoms with Crippen LogP contribution in [0.1, 0.15) is 30.4 Å². The fourth-order valence-corrected chi connectivity index (χ4v) is 2.46. The van der Waals surface area contributed by atoms with Gasteiger partial charge in [0, 0.05) is 11.3 Å². The Kier molecular flexibility index (Phi) is 5.59. The van der Waals surface area contributed by atoms with Gasteiger partial charge < -0.3 is 20.5 Å². The van der Waals surface area contributed by atoms with Gasteiger partial charge in [0.25, 0.3) is 0 Å². The fourth-order valence-electron chi connectivity index (χ4n) is 2.46. The van der Waals surface area contributed by atoms with Crippen LogP contribution in [0.5, 0.6) is 5.75 Å². The van der Waals surface area contributed by atoms with E-state index in [1.54, 1.807) is 13.0 Å². The molecule has 1 fully saturated rings. The lowest BCUT2D eigenvalue weighted by Crippen LogP contribution is -2.33. The van der Waals surface area contributed by atoms with Crippen LogP contribution in [0, 0.1) is 13.8 Å². The number of hydrogen-bond acceptors (Lipinski definition) is 4. The van der Waals surface area contributed by atoms with Crippen molar-refractivity contribution in [3.63, 3.8) is 0 Å². The molecule has 116 valence electrons. The normalized spacial score (nSPS) is 15.9. The predicted octanol–water partition coefficient (Wildman–Crippen LogP) is 2.11.